The number of ether oxygens (including phenoxy) is 2. The van der Waals surface area contributed by atoms with Crippen LogP contribution in [0.5, 0.6) is 5.75 Å². The molecular formula is C26H21ClN4O4S. The maximum atomic E-state index is 13.4. The third-order valence-electron chi connectivity index (χ3n) is 4.99. The molecule has 36 heavy (non-hydrogen) atoms. The van der Waals surface area contributed by atoms with E-state index in [0.717, 1.165) is 0 Å². The van der Waals surface area contributed by atoms with E-state index in [4.69, 9.17) is 28.6 Å². The van der Waals surface area contributed by atoms with Gasteiger partial charge in [0.25, 0.3) is 5.91 Å². The standard InChI is InChI=1S/C26H21ClN4O4S/c1-34-23(32)16-35-22-10-6-5-9-18(22)15-21-25(33)31(24(29-21)17-7-3-2-4-8-17)30-26(36)28-20-13-11-19(27)12-14-20/h2-15H,16H2,1H3,(H2,28,30,36)/b21-15-. The number of rotatable bonds is 7. The first-order valence-electron chi connectivity index (χ1n) is 10.8. The van der Waals surface area contributed by atoms with Gasteiger partial charge in [0.15, 0.2) is 17.6 Å². The number of hydrogen-bond acceptors (Lipinski definition) is 6. The molecular weight excluding hydrogens is 500 g/mol. The molecule has 182 valence electrons. The number of thiocarbonyl (C=S) groups is 1. The molecule has 4 rings (SSSR count). The van der Waals surface area contributed by atoms with Crippen LogP contribution in [0.15, 0.2) is 89.6 Å². The Morgan fingerprint density at radius 1 is 1.06 bits per heavy atom. The number of methoxy groups -OCH3 is 1. The van der Waals surface area contributed by atoms with Crippen molar-refractivity contribution < 1.29 is 19.1 Å². The zero-order valence-electron chi connectivity index (χ0n) is 19.1. The van der Waals surface area contributed by atoms with Crippen LogP contribution in [0.4, 0.5) is 5.69 Å². The predicted octanol–water partition coefficient (Wildman–Crippen LogP) is 4.42. The van der Waals surface area contributed by atoms with Gasteiger partial charge in [-0.3, -0.25) is 10.2 Å². The summed E-state index contributed by atoms with van der Waals surface area (Å²) in [5.74, 6) is -0.154. The number of halogens is 1. The van der Waals surface area contributed by atoms with Crippen molar-refractivity contribution in [2.45, 2.75) is 0 Å². The fourth-order valence-corrected chi connectivity index (χ4v) is 3.60. The largest absolute Gasteiger partial charge is 0.481 e. The van der Waals surface area contributed by atoms with Gasteiger partial charge in [-0.05, 0) is 48.6 Å². The highest BCUT2D eigenvalue weighted by molar-refractivity contribution is 7.80. The zero-order chi connectivity index (χ0) is 25.5. The van der Waals surface area contributed by atoms with Gasteiger partial charge in [0.1, 0.15) is 11.4 Å². The van der Waals surface area contributed by atoms with Crippen molar-refractivity contribution >= 4 is 58.4 Å². The molecule has 0 atom stereocenters. The Hall–Kier alpha value is -4.21. The number of nitrogens with zero attached hydrogens (tertiary/aromatic N) is 2. The summed E-state index contributed by atoms with van der Waals surface area (Å²) in [6.07, 6.45) is 1.59. The van der Waals surface area contributed by atoms with Crippen LogP contribution in [0.1, 0.15) is 11.1 Å². The van der Waals surface area contributed by atoms with E-state index in [-0.39, 0.29) is 17.4 Å². The summed E-state index contributed by atoms with van der Waals surface area (Å²) in [5.41, 5.74) is 5.07. The molecule has 3 aromatic rings. The third kappa shape index (κ3) is 6.07. The molecule has 0 radical (unpaired) electrons. The lowest BCUT2D eigenvalue weighted by molar-refractivity contribution is -0.142. The number of carbonyl (C=O) groups excluding carboxylic acids is 2. The van der Waals surface area contributed by atoms with Crippen molar-refractivity contribution in [3.8, 4) is 5.75 Å². The maximum absolute atomic E-state index is 13.4. The number of para-hydroxylation sites is 1. The SMILES string of the molecule is COC(=O)COc1ccccc1/C=C1\N=C(c2ccccc2)N(NC(=S)Nc2ccc(Cl)cc2)C1=O. The van der Waals surface area contributed by atoms with Crippen LogP contribution in [-0.2, 0) is 14.3 Å². The number of amides is 1. The van der Waals surface area contributed by atoms with Gasteiger partial charge in [-0.1, -0.05) is 60.1 Å². The number of aliphatic imine (C=N–C) groups is 1. The minimum absolute atomic E-state index is 0.157. The van der Waals surface area contributed by atoms with E-state index in [1.807, 2.05) is 30.3 Å². The van der Waals surface area contributed by atoms with Crippen molar-refractivity contribution in [2.75, 3.05) is 19.0 Å². The van der Waals surface area contributed by atoms with Gasteiger partial charge in [0.2, 0.25) is 0 Å². The van der Waals surface area contributed by atoms with E-state index in [1.165, 1.54) is 12.1 Å². The molecule has 1 aliphatic heterocycles. The molecule has 0 saturated carbocycles. The number of nitrogens with one attached hydrogen (secondary N) is 2. The van der Waals surface area contributed by atoms with Crippen LogP contribution in [0.3, 0.4) is 0 Å². The van der Waals surface area contributed by atoms with Gasteiger partial charge in [-0.15, -0.1) is 0 Å². The first-order chi connectivity index (χ1) is 17.4. The van der Waals surface area contributed by atoms with Crippen molar-refractivity contribution in [1.82, 2.24) is 10.4 Å². The van der Waals surface area contributed by atoms with E-state index in [2.05, 4.69) is 20.5 Å². The van der Waals surface area contributed by atoms with E-state index < -0.39 is 11.9 Å². The predicted molar refractivity (Wildman–Crippen MR) is 143 cm³/mol. The summed E-state index contributed by atoms with van der Waals surface area (Å²) in [6, 6.07) is 23.2. The van der Waals surface area contributed by atoms with E-state index in [9.17, 15) is 9.59 Å². The second kappa shape index (κ2) is 11.5. The van der Waals surface area contributed by atoms with Gasteiger partial charge in [0.05, 0.1) is 7.11 Å². The van der Waals surface area contributed by atoms with Crippen molar-refractivity contribution in [1.29, 1.82) is 0 Å². The fraction of sp³-hybridized carbons (Fsp3) is 0.0769. The Labute approximate surface area is 218 Å². The van der Waals surface area contributed by atoms with Crippen LogP contribution in [-0.4, -0.2) is 41.6 Å². The number of hydrogen-bond donors (Lipinski definition) is 2. The number of esters is 1. The average molecular weight is 521 g/mol. The molecule has 10 heteroatoms. The maximum Gasteiger partial charge on any atom is 0.343 e. The van der Waals surface area contributed by atoms with Crippen LogP contribution < -0.4 is 15.5 Å². The average Bonchev–Trinajstić information content (AvgIpc) is 3.19. The van der Waals surface area contributed by atoms with Crippen LogP contribution in [0.2, 0.25) is 5.02 Å². The molecule has 8 nitrogen and oxygen atoms in total. The highest BCUT2D eigenvalue weighted by atomic mass is 35.5. The smallest absolute Gasteiger partial charge is 0.343 e. The van der Waals surface area contributed by atoms with Gasteiger partial charge in [-0.2, -0.15) is 5.01 Å². The van der Waals surface area contributed by atoms with Gasteiger partial charge in [0, 0.05) is 21.8 Å². The highest BCUT2D eigenvalue weighted by Crippen LogP contribution is 2.26. The molecule has 0 fully saturated rings. The Balaban J connectivity index is 1.61. The Kier molecular flexibility index (Phi) is 7.94. The lowest BCUT2D eigenvalue weighted by Gasteiger charge is -2.21. The van der Waals surface area contributed by atoms with Crippen LogP contribution >= 0.6 is 23.8 Å². The number of hydrazine groups is 1. The summed E-state index contributed by atoms with van der Waals surface area (Å²) in [4.78, 5) is 29.5. The summed E-state index contributed by atoms with van der Waals surface area (Å²) in [5, 5.41) is 5.09. The minimum Gasteiger partial charge on any atom is -0.481 e. The van der Waals surface area contributed by atoms with Crippen LogP contribution in [0, 0.1) is 0 Å². The lowest BCUT2D eigenvalue weighted by Crippen LogP contribution is -2.48. The fourth-order valence-electron chi connectivity index (χ4n) is 3.27. The summed E-state index contributed by atoms with van der Waals surface area (Å²) in [6.45, 7) is -0.262. The van der Waals surface area contributed by atoms with Gasteiger partial charge >= 0.3 is 5.97 Å². The minimum atomic E-state index is -0.518. The Morgan fingerprint density at radius 3 is 2.47 bits per heavy atom. The van der Waals surface area contributed by atoms with Gasteiger partial charge < -0.3 is 14.8 Å². The molecule has 0 spiro atoms. The van der Waals surface area contributed by atoms with Crippen molar-refractivity contribution in [2.24, 2.45) is 4.99 Å². The van der Waals surface area contributed by atoms with Crippen molar-refractivity contribution in [3.63, 3.8) is 0 Å². The number of anilines is 1. The molecule has 1 amide bonds. The van der Waals surface area contributed by atoms with Crippen molar-refractivity contribution in [3.05, 3.63) is 101 Å². The normalized spacial score (nSPS) is 13.8. The van der Waals surface area contributed by atoms with Crippen LogP contribution in [0.25, 0.3) is 6.08 Å². The zero-order valence-corrected chi connectivity index (χ0v) is 20.7. The van der Waals surface area contributed by atoms with E-state index in [0.29, 0.717) is 33.4 Å². The number of amidine groups is 1. The summed E-state index contributed by atoms with van der Waals surface area (Å²) < 4.78 is 10.2. The summed E-state index contributed by atoms with van der Waals surface area (Å²) >= 11 is 11.4. The second-order valence-electron chi connectivity index (χ2n) is 7.45. The first kappa shape index (κ1) is 24.9. The topological polar surface area (TPSA) is 92.3 Å². The molecule has 0 aliphatic carbocycles. The molecule has 0 saturated heterocycles. The number of benzene rings is 3. The monoisotopic (exact) mass is 520 g/mol. The molecule has 1 heterocycles. The summed E-state index contributed by atoms with van der Waals surface area (Å²) in [7, 11) is 1.28. The molecule has 0 aromatic heterocycles. The molecule has 1 aliphatic rings. The Morgan fingerprint density at radius 2 is 1.75 bits per heavy atom. The number of carbonyl (C=O) groups is 2. The molecule has 2 N–H and O–H groups in total. The quantitative estimate of drug-likeness (QED) is 0.270. The van der Waals surface area contributed by atoms with E-state index >= 15 is 0 Å². The van der Waals surface area contributed by atoms with E-state index in [1.54, 1.807) is 54.6 Å². The first-order valence-corrected chi connectivity index (χ1v) is 11.6. The van der Waals surface area contributed by atoms with Gasteiger partial charge in [-0.25, -0.2) is 9.79 Å². The molecule has 0 unspecified atom stereocenters. The third-order valence-corrected chi connectivity index (χ3v) is 5.44. The highest BCUT2D eigenvalue weighted by Gasteiger charge is 2.32. The Bertz CT molecular complexity index is 1340. The lowest BCUT2D eigenvalue weighted by atomic mass is 10.1. The molecule has 3 aromatic carbocycles. The molecule has 0 bridgehead atoms. The second-order valence-corrected chi connectivity index (χ2v) is 8.29.